The lowest BCUT2D eigenvalue weighted by Gasteiger charge is -2.12. The second-order valence-corrected chi connectivity index (χ2v) is 7.27. The van der Waals surface area contributed by atoms with Crippen LogP contribution in [0.1, 0.15) is 37.4 Å². The summed E-state index contributed by atoms with van der Waals surface area (Å²) >= 11 is 0. The first kappa shape index (κ1) is 18.9. The number of fused-ring (bicyclic) bond motifs is 1. The van der Waals surface area contributed by atoms with Crippen LogP contribution in [-0.4, -0.2) is 21.4 Å². The maximum atomic E-state index is 13.1. The monoisotopic (exact) mass is 391 g/mol. The summed E-state index contributed by atoms with van der Waals surface area (Å²) in [5.41, 5.74) is 2.90. The van der Waals surface area contributed by atoms with Crippen LogP contribution in [-0.2, 0) is 11.3 Å². The molecule has 6 heteroatoms. The van der Waals surface area contributed by atoms with Crippen molar-refractivity contribution in [1.29, 1.82) is 0 Å². The van der Waals surface area contributed by atoms with Gasteiger partial charge >= 0.3 is 6.03 Å². The average Bonchev–Trinajstić information content (AvgIpc) is 3.22. The number of para-hydroxylation sites is 1. The Kier molecular flexibility index (Phi) is 4.92. The Hall–Kier alpha value is -3.41. The highest BCUT2D eigenvalue weighted by Gasteiger charge is 2.33. The number of imide groups is 1. The minimum absolute atomic E-state index is 0.0942. The molecule has 2 heterocycles. The maximum Gasteiger partial charge on any atom is 0.329 e. The van der Waals surface area contributed by atoms with E-state index >= 15 is 0 Å². The lowest BCUT2D eigenvalue weighted by molar-refractivity contribution is -0.123. The first-order valence-corrected chi connectivity index (χ1v) is 9.66. The van der Waals surface area contributed by atoms with Gasteiger partial charge in [-0.1, -0.05) is 37.3 Å². The summed E-state index contributed by atoms with van der Waals surface area (Å²) in [6, 6.07) is 13.6. The quantitative estimate of drug-likeness (QED) is 0.500. The zero-order chi connectivity index (χ0) is 20.5. The van der Waals surface area contributed by atoms with Crippen molar-refractivity contribution >= 4 is 28.9 Å². The predicted octanol–water partition coefficient (Wildman–Crippen LogP) is 4.84. The highest BCUT2D eigenvalue weighted by atomic mass is 19.1. The number of rotatable bonds is 5. The van der Waals surface area contributed by atoms with Crippen molar-refractivity contribution in [3.05, 3.63) is 77.4 Å². The smallest absolute Gasteiger partial charge is 0.329 e. The van der Waals surface area contributed by atoms with Gasteiger partial charge in [0.1, 0.15) is 11.5 Å². The summed E-state index contributed by atoms with van der Waals surface area (Å²) in [6.07, 6.45) is 4.73. The number of carbonyl (C=O) groups is 2. The summed E-state index contributed by atoms with van der Waals surface area (Å²) in [5, 5.41) is 3.69. The number of benzene rings is 2. The van der Waals surface area contributed by atoms with Crippen LogP contribution in [0.3, 0.4) is 0 Å². The zero-order valence-electron chi connectivity index (χ0n) is 16.4. The molecule has 0 bridgehead atoms. The second kappa shape index (κ2) is 7.54. The molecule has 4 rings (SSSR count). The number of hydrogen-bond donors (Lipinski definition) is 1. The highest BCUT2D eigenvalue weighted by molar-refractivity contribution is 6.14. The highest BCUT2D eigenvalue weighted by Crippen LogP contribution is 2.28. The molecule has 148 valence electrons. The van der Waals surface area contributed by atoms with E-state index in [1.54, 1.807) is 18.2 Å². The standard InChI is InChI=1S/C23H22FN3O2/c1-3-15(2)26-14-17(19-6-4-5-7-21(19)26)12-20-22(28)27(23(29)25-20)13-16-8-10-18(24)11-9-16/h4-12,14-15H,3,13H2,1-2H3,(H,25,29)/b20-12-/t15-/m1/s1. The van der Waals surface area contributed by atoms with Crippen LogP contribution in [0.2, 0.25) is 0 Å². The Morgan fingerprint density at radius 3 is 2.55 bits per heavy atom. The lowest BCUT2D eigenvalue weighted by atomic mass is 10.1. The van der Waals surface area contributed by atoms with Crippen molar-refractivity contribution in [1.82, 2.24) is 14.8 Å². The predicted molar refractivity (Wildman–Crippen MR) is 110 cm³/mol. The molecule has 0 aliphatic carbocycles. The van der Waals surface area contributed by atoms with E-state index in [1.807, 2.05) is 24.4 Å². The Labute approximate surface area is 168 Å². The molecule has 0 radical (unpaired) electrons. The molecule has 1 fully saturated rings. The third-order valence-corrected chi connectivity index (χ3v) is 5.35. The fraction of sp³-hybridized carbons (Fsp3) is 0.217. The van der Waals surface area contributed by atoms with E-state index in [0.29, 0.717) is 11.6 Å². The third-order valence-electron chi connectivity index (χ3n) is 5.35. The molecule has 1 aliphatic rings. The Balaban J connectivity index is 1.66. The first-order chi connectivity index (χ1) is 14.0. The van der Waals surface area contributed by atoms with Crippen LogP contribution in [0.4, 0.5) is 9.18 Å². The van der Waals surface area contributed by atoms with Gasteiger partial charge in [-0.25, -0.2) is 9.18 Å². The number of urea groups is 1. The first-order valence-electron chi connectivity index (χ1n) is 9.66. The van der Waals surface area contributed by atoms with E-state index in [9.17, 15) is 14.0 Å². The molecule has 5 nitrogen and oxygen atoms in total. The molecule has 1 N–H and O–H groups in total. The average molecular weight is 391 g/mol. The van der Waals surface area contributed by atoms with Crippen molar-refractivity contribution in [3.8, 4) is 0 Å². The van der Waals surface area contributed by atoms with Crippen LogP contribution < -0.4 is 5.32 Å². The van der Waals surface area contributed by atoms with Gasteiger partial charge in [0.15, 0.2) is 0 Å². The summed E-state index contributed by atoms with van der Waals surface area (Å²) in [5.74, 6) is -0.746. The molecule has 0 unspecified atom stereocenters. The minimum atomic E-state index is -0.476. The van der Waals surface area contributed by atoms with Gasteiger partial charge < -0.3 is 9.88 Å². The SMILES string of the molecule is CC[C@@H](C)n1cc(/C=C2\NC(=O)N(Cc3ccc(F)cc3)C2=O)c2ccccc21. The van der Waals surface area contributed by atoms with Gasteiger partial charge in [-0.3, -0.25) is 9.69 Å². The third kappa shape index (κ3) is 3.53. The Morgan fingerprint density at radius 1 is 1.10 bits per heavy atom. The minimum Gasteiger partial charge on any atom is -0.344 e. The number of aromatic nitrogens is 1. The van der Waals surface area contributed by atoms with E-state index < -0.39 is 6.03 Å². The zero-order valence-corrected chi connectivity index (χ0v) is 16.4. The molecule has 1 aliphatic heterocycles. The molecule has 3 aromatic rings. The molecule has 0 spiro atoms. The van der Waals surface area contributed by atoms with E-state index in [0.717, 1.165) is 27.8 Å². The molecular weight excluding hydrogens is 369 g/mol. The molecule has 29 heavy (non-hydrogen) atoms. The van der Waals surface area contributed by atoms with Crippen LogP contribution >= 0.6 is 0 Å². The van der Waals surface area contributed by atoms with E-state index in [1.165, 1.54) is 12.1 Å². The molecule has 1 aromatic heterocycles. The summed E-state index contributed by atoms with van der Waals surface area (Å²) < 4.78 is 15.3. The van der Waals surface area contributed by atoms with Gasteiger partial charge in [-0.15, -0.1) is 0 Å². The lowest BCUT2D eigenvalue weighted by Crippen LogP contribution is -2.30. The number of carbonyl (C=O) groups excluding carboxylic acids is 2. The Bertz CT molecular complexity index is 1110. The number of hydrogen-bond acceptors (Lipinski definition) is 2. The van der Waals surface area contributed by atoms with Crippen LogP contribution in [0.5, 0.6) is 0 Å². The van der Waals surface area contributed by atoms with Gasteiger partial charge in [0.05, 0.1) is 6.54 Å². The van der Waals surface area contributed by atoms with Gasteiger partial charge in [0.2, 0.25) is 0 Å². The molecular formula is C23H22FN3O2. The van der Waals surface area contributed by atoms with E-state index in [-0.39, 0.29) is 24.0 Å². The van der Waals surface area contributed by atoms with Crippen molar-refractivity contribution in [2.45, 2.75) is 32.9 Å². The number of nitrogens with zero attached hydrogens (tertiary/aromatic N) is 2. The van der Waals surface area contributed by atoms with Gasteiger partial charge in [-0.2, -0.15) is 0 Å². The fourth-order valence-corrected chi connectivity index (χ4v) is 3.55. The number of halogens is 1. The molecule has 1 saturated heterocycles. The summed E-state index contributed by atoms with van der Waals surface area (Å²) in [7, 11) is 0. The Morgan fingerprint density at radius 2 is 1.83 bits per heavy atom. The maximum absolute atomic E-state index is 13.1. The normalized spacial score (nSPS) is 16.7. The van der Waals surface area contributed by atoms with Crippen molar-refractivity contribution in [2.75, 3.05) is 0 Å². The van der Waals surface area contributed by atoms with Crippen LogP contribution in [0.15, 0.2) is 60.4 Å². The van der Waals surface area contributed by atoms with Crippen LogP contribution in [0, 0.1) is 5.82 Å². The van der Waals surface area contributed by atoms with Crippen molar-refractivity contribution < 1.29 is 14.0 Å². The topological polar surface area (TPSA) is 54.3 Å². The molecule has 1 atom stereocenters. The van der Waals surface area contributed by atoms with Crippen molar-refractivity contribution in [3.63, 3.8) is 0 Å². The fourth-order valence-electron chi connectivity index (χ4n) is 3.55. The number of nitrogens with one attached hydrogen (secondary N) is 1. The van der Waals surface area contributed by atoms with Gasteiger partial charge in [0, 0.05) is 28.7 Å². The molecule has 0 saturated carbocycles. The van der Waals surface area contributed by atoms with Crippen LogP contribution in [0.25, 0.3) is 17.0 Å². The molecule has 3 amide bonds. The second-order valence-electron chi connectivity index (χ2n) is 7.27. The molecule has 2 aromatic carbocycles. The largest absolute Gasteiger partial charge is 0.344 e. The summed E-state index contributed by atoms with van der Waals surface area (Å²) in [6.45, 7) is 4.37. The number of amides is 3. The summed E-state index contributed by atoms with van der Waals surface area (Å²) in [4.78, 5) is 26.3. The van der Waals surface area contributed by atoms with E-state index in [2.05, 4.69) is 29.8 Å². The van der Waals surface area contributed by atoms with Crippen molar-refractivity contribution in [2.24, 2.45) is 0 Å². The van der Waals surface area contributed by atoms with Gasteiger partial charge in [-0.05, 0) is 43.2 Å². The van der Waals surface area contributed by atoms with Gasteiger partial charge in [0.25, 0.3) is 5.91 Å². The van der Waals surface area contributed by atoms with E-state index in [4.69, 9.17) is 0 Å².